The lowest BCUT2D eigenvalue weighted by atomic mass is 10.1. The third-order valence-electron chi connectivity index (χ3n) is 4.18. The van der Waals surface area contributed by atoms with Gasteiger partial charge in [0.25, 0.3) is 0 Å². The van der Waals surface area contributed by atoms with Crippen molar-refractivity contribution in [2.24, 2.45) is 0 Å². The Bertz CT molecular complexity index is 995. The molecule has 0 spiro atoms. The van der Waals surface area contributed by atoms with Gasteiger partial charge in [0.05, 0.1) is 17.9 Å². The maximum atomic E-state index is 9.63. The molecule has 0 N–H and O–H groups in total. The number of nitriles is 1. The van der Waals surface area contributed by atoms with Crippen LogP contribution >= 0.6 is 11.3 Å². The largest absolute Gasteiger partial charge is 0.493 e. The lowest BCUT2D eigenvalue weighted by Gasteiger charge is -2.06. The highest BCUT2D eigenvalue weighted by Crippen LogP contribution is 2.30. The summed E-state index contributed by atoms with van der Waals surface area (Å²) in [5.41, 5.74) is 5.88. The Morgan fingerprint density at radius 3 is 2.73 bits per heavy atom. The summed E-state index contributed by atoms with van der Waals surface area (Å²) in [6.45, 7) is 6.72. The zero-order valence-corrected chi connectivity index (χ0v) is 15.9. The topological polar surface area (TPSA) is 45.9 Å². The van der Waals surface area contributed by atoms with Gasteiger partial charge >= 0.3 is 0 Å². The summed E-state index contributed by atoms with van der Waals surface area (Å²) in [5, 5.41) is 12.3. The van der Waals surface area contributed by atoms with E-state index in [1.54, 1.807) is 0 Å². The molecule has 3 aromatic rings. The normalized spacial score (nSPS) is 11.2. The zero-order chi connectivity index (χ0) is 18.5. The monoisotopic (exact) mass is 360 g/mol. The van der Waals surface area contributed by atoms with E-state index in [1.807, 2.05) is 42.6 Å². The van der Waals surface area contributed by atoms with Crippen molar-refractivity contribution < 1.29 is 4.74 Å². The van der Waals surface area contributed by atoms with E-state index in [-0.39, 0.29) is 0 Å². The third kappa shape index (κ3) is 3.84. The first-order valence-corrected chi connectivity index (χ1v) is 9.37. The van der Waals surface area contributed by atoms with Gasteiger partial charge < -0.3 is 4.74 Å². The summed E-state index contributed by atoms with van der Waals surface area (Å²) in [5.74, 6) is 0.772. The van der Waals surface area contributed by atoms with Gasteiger partial charge in [0.1, 0.15) is 16.8 Å². The Hall–Kier alpha value is -2.90. The van der Waals surface area contributed by atoms with E-state index in [9.17, 15) is 5.26 Å². The first kappa shape index (κ1) is 17.9. The number of benzene rings is 2. The van der Waals surface area contributed by atoms with Gasteiger partial charge in [-0.25, -0.2) is 4.98 Å². The summed E-state index contributed by atoms with van der Waals surface area (Å²) in [4.78, 5) is 4.68. The molecule has 0 radical (unpaired) electrons. The first-order valence-electron chi connectivity index (χ1n) is 8.49. The number of hydrogen-bond acceptors (Lipinski definition) is 4. The van der Waals surface area contributed by atoms with Crippen molar-refractivity contribution >= 4 is 23.0 Å². The van der Waals surface area contributed by atoms with Crippen LogP contribution in [-0.2, 0) is 0 Å². The Balaban J connectivity index is 1.96. The highest BCUT2D eigenvalue weighted by Gasteiger charge is 2.11. The third-order valence-corrected chi connectivity index (χ3v) is 5.05. The minimum atomic E-state index is 0.539. The van der Waals surface area contributed by atoms with Crippen LogP contribution in [0.15, 0.2) is 47.8 Å². The van der Waals surface area contributed by atoms with Crippen molar-refractivity contribution in [3.63, 3.8) is 0 Å². The number of nitrogens with zero attached hydrogens (tertiary/aromatic N) is 2. The van der Waals surface area contributed by atoms with Gasteiger partial charge in [0.15, 0.2) is 0 Å². The SMILES string of the molecule is CCOc1ccccc1/C=C(\C#N)c1nc(-c2ccc(C)c(C)c2)cs1. The molecule has 0 aliphatic heterocycles. The summed E-state index contributed by atoms with van der Waals surface area (Å²) >= 11 is 1.48. The summed E-state index contributed by atoms with van der Waals surface area (Å²) in [6, 6.07) is 16.3. The van der Waals surface area contributed by atoms with Gasteiger partial charge in [-0.15, -0.1) is 11.3 Å². The second-order valence-electron chi connectivity index (χ2n) is 5.98. The van der Waals surface area contributed by atoms with E-state index in [0.29, 0.717) is 17.2 Å². The summed E-state index contributed by atoms with van der Waals surface area (Å²) < 4.78 is 5.65. The Kier molecular flexibility index (Phi) is 5.50. The molecule has 4 heteroatoms. The van der Waals surface area contributed by atoms with Crippen molar-refractivity contribution in [2.45, 2.75) is 20.8 Å². The van der Waals surface area contributed by atoms with Crippen LogP contribution in [0.2, 0.25) is 0 Å². The molecule has 0 saturated carbocycles. The molecule has 26 heavy (non-hydrogen) atoms. The molecule has 0 atom stereocenters. The van der Waals surface area contributed by atoms with E-state index < -0.39 is 0 Å². The van der Waals surface area contributed by atoms with Gasteiger partial charge in [0.2, 0.25) is 0 Å². The molecule has 3 rings (SSSR count). The smallest absolute Gasteiger partial charge is 0.134 e. The molecule has 0 bridgehead atoms. The average Bonchev–Trinajstić information content (AvgIpc) is 3.13. The number of aromatic nitrogens is 1. The summed E-state index contributed by atoms with van der Waals surface area (Å²) in [7, 11) is 0. The van der Waals surface area contributed by atoms with Crippen LogP contribution in [-0.4, -0.2) is 11.6 Å². The van der Waals surface area contributed by atoms with Crippen LogP contribution in [0.1, 0.15) is 28.6 Å². The molecule has 1 aromatic heterocycles. The Labute approximate surface area is 158 Å². The number of ether oxygens (including phenoxy) is 1. The van der Waals surface area contributed by atoms with E-state index in [0.717, 1.165) is 22.6 Å². The van der Waals surface area contributed by atoms with Crippen molar-refractivity contribution in [3.05, 3.63) is 69.5 Å². The van der Waals surface area contributed by atoms with Crippen LogP contribution in [0.5, 0.6) is 5.75 Å². The van der Waals surface area contributed by atoms with Crippen LogP contribution < -0.4 is 4.74 Å². The van der Waals surface area contributed by atoms with Gasteiger partial charge in [-0.3, -0.25) is 0 Å². The standard InChI is InChI=1S/C22H20N2OS/c1-4-25-21-8-6-5-7-18(21)12-19(13-23)22-24-20(14-26-22)17-10-9-15(2)16(3)11-17/h5-12,14H,4H2,1-3H3/b19-12+. The molecule has 0 fully saturated rings. The van der Waals surface area contributed by atoms with E-state index in [2.05, 4.69) is 43.1 Å². The molecule has 0 aliphatic rings. The molecule has 0 saturated heterocycles. The molecule has 2 aromatic carbocycles. The Morgan fingerprint density at radius 2 is 2.00 bits per heavy atom. The number of rotatable bonds is 5. The minimum absolute atomic E-state index is 0.539. The molecule has 0 amide bonds. The fraction of sp³-hybridized carbons (Fsp3) is 0.182. The van der Waals surface area contributed by atoms with Crippen LogP contribution in [0.25, 0.3) is 22.9 Å². The fourth-order valence-corrected chi connectivity index (χ4v) is 3.41. The van der Waals surface area contributed by atoms with E-state index >= 15 is 0 Å². The Morgan fingerprint density at radius 1 is 1.19 bits per heavy atom. The molecule has 0 aliphatic carbocycles. The lowest BCUT2D eigenvalue weighted by Crippen LogP contribution is -1.93. The fourth-order valence-electron chi connectivity index (χ4n) is 2.61. The summed E-state index contributed by atoms with van der Waals surface area (Å²) in [6.07, 6.45) is 1.84. The molecule has 3 nitrogen and oxygen atoms in total. The molecule has 1 heterocycles. The second-order valence-corrected chi connectivity index (χ2v) is 6.84. The quantitative estimate of drug-likeness (QED) is 0.533. The highest BCUT2D eigenvalue weighted by atomic mass is 32.1. The van der Waals surface area contributed by atoms with Crippen LogP contribution in [0.3, 0.4) is 0 Å². The van der Waals surface area contributed by atoms with Gasteiger partial charge in [-0.2, -0.15) is 5.26 Å². The van der Waals surface area contributed by atoms with Crippen molar-refractivity contribution in [3.8, 4) is 23.1 Å². The van der Waals surface area contributed by atoms with Crippen LogP contribution in [0.4, 0.5) is 0 Å². The number of hydrogen-bond donors (Lipinski definition) is 0. The number of para-hydroxylation sites is 1. The minimum Gasteiger partial charge on any atom is -0.493 e. The van der Waals surface area contributed by atoms with Crippen molar-refractivity contribution in [2.75, 3.05) is 6.61 Å². The van der Waals surface area contributed by atoms with Gasteiger partial charge in [0, 0.05) is 16.5 Å². The van der Waals surface area contributed by atoms with E-state index in [4.69, 9.17) is 4.74 Å². The zero-order valence-electron chi connectivity index (χ0n) is 15.1. The maximum Gasteiger partial charge on any atom is 0.134 e. The van der Waals surface area contributed by atoms with E-state index in [1.165, 1.54) is 22.5 Å². The predicted octanol–water partition coefficient (Wildman–Crippen LogP) is 5.89. The second kappa shape index (κ2) is 7.99. The van der Waals surface area contributed by atoms with Gasteiger partial charge in [-0.1, -0.05) is 30.3 Å². The van der Waals surface area contributed by atoms with Gasteiger partial charge in [-0.05, 0) is 50.1 Å². The maximum absolute atomic E-state index is 9.63. The number of allylic oxidation sites excluding steroid dienone is 1. The average molecular weight is 360 g/mol. The predicted molar refractivity (Wildman–Crippen MR) is 108 cm³/mol. The highest BCUT2D eigenvalue weighted by molar-refractivity contribution is 7.11. The van der Waals surface area contributed by atoms with Crippen LogP contribution in [0, 0.1) is 25.2 Å². The molecule has 130 valence electrons. The number of thiazole rings is 1. The lowest BCUT2D eigenvalue weighted by molar-refractivity contribution is 0.339. The molecule has 0 unspecified atom stereocenters. The van der Waals surface area contributed by atoms with Crippen molar-refractivity contribution in [1.29, 1.82) is 5.26 Å². The molecular weight excluding hydrogens is 340 g/mol. The molecular formula is C22H20N2OS. The van der Waals surface area contributed by atoms with Crippen molar-refractivity contribution in [1.82, 2.24) is 4.98 Å². The first-order chi connectivity index (χ1) is 12.6. The number of aryl methyl sites for hydroxylation is 2.